The summed E-state index contributed by atoms with van der Waals surface area (Å²) in [4.78, 5) is 35.4. The van der Waals surface area contributed by atoms with Crippen LogP contribution in [-0.4, -0.2) is 52.0 Å². The van der Waals surface area contributed by atoms with E-state index < -0.39 is 11.7 Å². The molecule has 0 spiro atoms. The SMILES string of the molecule is Cc1cccc(Cl)c1NC(=O)c1cnc(Nc2nc(CC(C)C)nc(N3CCN(c4cccc(C(F)(F)F)c4)CC3)n2)s1. The third-order valence-electron chi connectivity index (χ3n) is 6.77. The number of aromatic nitrogens is 4. The van der Waals surface area contributed by atoms with Gasteiger partial charge in [0.25, 0.3) is 5.91 Å². The van der Waals surface area contributed by atoms with Gasteiger partial charge in [-0.2, -0.15) is 28.1 Å². The Balaban J connectivity index is 1.30. The predicted octanol–water partition coefficient (Wildman–Crippen LogP) is 6.83. The van der Waals surface area contributed by atoms with Crippen molar-refractivity contribution in [2.75, 3.05) is 46.6 Å². The maximum Gasteiger partial charge on any atom is 0.416 e. The molecule has 0 aliphatic carbocycles. The van der Waals surface area contributed by atoms with Crippen LogP contribution in [0, 0.1) is 12.8 Å². The lowest BCUT2D eigenvalue weighted by Gasteiger charge is -2.36. The number of halogens is 4. The van der Waals surface area contributed by atoms with Crippen molar-refractivity contribution < 1.29 is 18.0 Å². The molecule has 0 radical (unpaired) electrons. The molecule has 1 amide bonds. The molecule has 14 heteroatoms. The first kappa shape index (κ1) is 30.5. The summed E-state index contributed by atoms with van der Waals surface area (Å²) in [6.07, 6.45) is -2.30. The molecule has 1 aliphatic heterocycles. The summed E-state index contributed by atoms with van der Waals surface area (Å²) in [5.74, 6) is 1.33. The fourth-order valence-electron chi connectivity index (χ4n) is 4.60. The summed E-state index contributed by atoms with van der Waals surface area (Å²) in [5, 5.41) is 6.83. The van der Waals surface area contributed by atoms with E-state index in [2.05, 4.69) is 44.4 Å². The minimum Gasteiger partial charge on any atom is -0.368 e. The number of amides is 1. The molecular weight excluding hydrogens is 601 g/mol. The van der Waals surface area contributed by atoms with Gasteiger partial charge in [0.1, 0.15) is 10.7 Å². The minimum absolute atomic E-state index is 0.296. The molecule has 0 unspecified atom stereocenters. The highest BCUT2D eigenvalue weighted by Crippen LogP contribution is 2.32. The molecule has 2 N–H and O–H groups in total. The summed E-state index contributed by atoms with van der Waals surface area (Å²) in [6, 6.07) is 10.8. The van der Waals surface area contributed by atoms with E-state index in [1.54, 1.807) is 12.1 Å². The van der Waals surface area contributed by atoms with E-state index in [0.29, 0.717) is 82.6 Å². The maximum absolute atomic E-state index is 13.2. The first-order chi connectivity index (χ1) is 20.5. The quantitative estimate of drug-likeness (QED) is 0.219. The topological polar surface area (TPSA) is 99.2 Å². The molecule has 9 nitrogen and oxygen atoms in total. The first-order valence-corrected chi connectivity index (χ1v) is 14.9. The normalized spacial score (nSPS) is 13.9. The smallest absolute Gasteiger partial charge is 0.368 e. The van der Waals surface area contributed by atoms with Crippen LogP contribution in [0.25, 0.3) is 0 Å². The lowest BCUT2D eigenvalue weighted by atomic mass is 10.1. The van der Waals surface area contributed by atoms with Gasteiger partial charge in [-0.3, -0.25) is 10.1 Å². The van der Waals surface area contributed by atoms with E-state index in [-0.39, 0.29) is 5.91 Å². The Morgan fingerprint density at radius 2 is 1.77 bits per heavy atom. The number of carbonyl (C=O) groups is 1. The van der Waals surface area contributed by atoms with Gasteiger partial charge in [-0.15, -0.1) is 0 Å². The van der Waals surface area contributed by atoms with Crippen LogP contribution in [0.1, 0.15) is 40.5 Å². The Hall–Kier alpha value is -3.97. The highest BCUT2D eigenvalue weighted by molar-refractivity contribution is 7.17. The molecule has 1 saturated heterocycles. The lowest BCUT2D eigenvalue weighted by Crippen LogP contribution is -2.47. The van der Waals surface area contributed by atoms with E-state index >= 15 is 0 Å². The summed E-state index contributed by atoms with van der Waals surface area (Å²) < 4.78 is 39.6. The Morgan fingerprint density at radius 1 is 1.05 bits per heavy atom. The predicted molar refractivity (Wildman–Crippen MR) is 164 cm³/mol. The third-order valence-corrected chi connectivity index (χ3v) is 8.00. The maximum atomic E-state index is 13.2. The van der Waals surface area contributed by atoms with E-state index in [4.69, 9.17) is 11.6 Å². The Kier molecular flexibility index (Phi) is 9.02. The van der Waals surface area contributed by atoms with Crippen LogP contribution in [-0.2, 0) is 12.6 Å². The van der Waals surface area contributed by atoms with Crippen molar-refractivity contribution in [2.45, 2.75) is 33.4 Å². The number of hydrogen-bond acceptors (Lipinski definition) is 9. The molecule has 226 valence electrons. The van der Waals surface area contributed by atoms with Crippen molar-refractivity contribution in [1.29, 1.82) is 0 Å². The fourth-order valence-corrected chi connectivity index (χ4v) is 5.58. The zero-order valence-corrected chi connectivity index (χ0v) is 25.3. The molecule has 0 atom stereocenters. The number of nitrogens with one attached hydrogen (secondary N) is 2. The summed E-state index contributed by atoms with van der Waals surface area (Å²) in [5.41, 5.74) is 1.25. The number of rotatable bonds is 8. The standard InChI is InChI=1S/C29H30ClF3N8OS/c1-17(2)14-23-35-26(39-28-34-16-22(43-28)25(42)37-24-18(3)6-4-9-21(24)30)38-27(36-23)41-12-10-40(11-13-41)20-8-5-7-19(15-20)29(31,32)33/h4-9,15-17H,10-14H2,1-3H3,(H,37,42)(H,34,35,36,38,39). The van der Waals surface area contributed by atoms with Gasteiger partial charge >= 0.3 is 6.18 Å². The average Bonchev–Trinajstić information content (AvgIpc) is 3.43. The number of alkyl halides is 3. The number of benzene rings is 2. The van der Waals surface area contributed by atoms with E-state index in [9.17, 15) is 18.0 Å². The van der Waals surface area contributed by atoms with E-state index in [0.717, 1.165) is 23.0 Å². The molecule has 5 rings (SSSR count). The second-order valence-electron chi connectivity index (χ2n) is 10.5. The van der Waals surface area contributed by atoms with Crippen molar-refractivity contribution in [3.8, 4) is 0 Å². The molecule has 0 bridgehead atoms. The summed E-state index contributed by atoms with van der Waals surface area (Å²) in [6.45, 7) is 8.04. The molecule has 2 aromatic carbocycles. The van der Waals surface area contributed by atoms with Gasteiger partial charge in [0.05, 0.1) is 22.5 Å². The number of thiazole rings is 1. The van der Waals surface area contributed by atoms with Crippen LogP contribution in [0.15, 0.2) is 48.7 Å². The van der Waals surface area contributed by atoms with Gasteiger partial charge in [0.15, 0.2) is 5.13 Å². The minimum atomic E-state index is -4.39. The Labute approximate surface area is 256 Å². The number of anilines is 5. The number of para-hydroxylation sites is 1. The molecule has 2 aromatic heterocycles. The summed E-state index contributed by atoms with van der Waals surface area (Å²) in [7, 11) is 0. The van der Waals surface area contributed by atoms with Crippen LogP contribution < -0.4 is 20.4 Å². The van der Waals surface area contributed by atoms with Gasteiger partial charge in [-0.05, 0) is 42.7 Å². The van der Waals surface area contributed by atoms with Crippen molar-refractivity contribution >= 4 is 57.2 Å². The molecule has 43 heavy (non-hydrogen) atoms. The first-order valence-electron chi connectivity index (χ1n) is 13.7. The molecule has 4 aromatic rings. The van der Waals surface area contributed by atoms with Crippen LogP contribution in [0.2, 0.25) is 5.02 Å². The number of carbonyl (C=O) groups excluding carboxylic acids is 1. The molecule has 1 fully saturated rings. The molecule has 0 saturated carbocycles. The average molecular weight is 631 g/mol. The van der Waals surface area contributed by atoms with Gasteiger partial charge in [0.2, 0.25) is 11.9 Å². The second kappa shape index (κ2) is 12.7. The number of piperazine rings is 1. The van der Waals surface area contributed by atoms with E-state index in [1.165, 1.54) is 18.3 Å². The number of nitrogens with zero attached hydrogens (tertiary/aromatic N) is 6. The van der Waals surface area contributed by atoms with Crippen LogP contribution in [0.3, 0.4) is 0 Å². The molecule has 1 aliphatic rings. The fraction of sp³-hybridized carbons (Fsp3) is 0.345. The number of hydrogen-bond donors (Lipinski definition) is 2. The summed E-state index contributed by atoms with van der Waals surface area (Å²) >= 11 is 7.41. The van der Waals surface area contributed by atoms with Crippen molar-refractivity contribution in [3.63, 3.8) is 0 Å². The van der Waals surface area contributed by atoms with Gasteiger partial charge < -0.3 is 15.1 Å². The zero-order valence-electron chi connectivity index (χ0n) is 23.7. The third kappa shape index (κ3) is 7.52. The van der Waals surface area contributed by atoms with Crippen molar-refractivity contribution in [1.82, 2.24) is 19.9 Å². The number of aryl methyl sites for hydroxylation is 1. The van der Waals surface area contributed by atoms with Crippen LogP contribution in [0.4, 0.5) is 41.6 Å². The van der Waals surface area contributed by atoms with Crippen molar-refractivity contribution in [2.24, 2.45) is 5.92 Å². The van der Waals surface area contributed by atoms with Crippen LogP contribution in [0.5, 0.6) is 0 Å². The Morgan fingerprint density at radius 3 is 2.47 bits per heavy atom. The second-order valence-corrected chi connectivity index (χ2v) is 12.0. The van der Waals surface area contributed by atoms with Crippen molar-refractivity contribution in [3.05, 3.63) is 75.5 Å². The molecule has 3 heterocycles. The highest BCUT2D eigenvalue weighted by atomic mass is 35.5. The van der Waals surface area contributed by atoms with Gasteiger partial charge in [-0.25, -0.2) is 4.98 Å². The highest BCUT2D eigenvalue weighted by Gasteiger charge is 2.31. The monoisotopic (exact) mass is 630 g/mol. The Bertz CT molecular complexity index is 1580. The zero-order chi connectivity index (χ0) is 30.7. The van der Waals surface area contributed by atoms with E-state index in [1.807, 2.05) is 28.9 Å². The lowest BCUT2D eigenvalue weighted by molar-refractivity contribution is -0.137. The van der Waals surface area contributed by atoms with Crippen LogP contribution >= 0.6 is 22.9 Å². The molecular formula is C29H30ClF3N8OS. The van der Waals surface area contributed by atoms with Gasteiger partial charge in [0, 0.05) is 38.3 Å². The largest absolute Gasteiger partial charge is 0.416 e. The van der Waals surface area contributed by atoms with Gasteiger partial charge in [-0.1, -0.05) is 55.0 Å².